The molecule has 1 aromatic carbocycles. The van der Waals surface area contributed by atoms with Gasteiger partial charge in [0.1, 0.15) is 11.6 Å². The van der Waals surface area contributed by atoms with Crippen LogP contribution in [0.2, 0.25) is 0 Å². The summed E-state index contributed by atoms with van der Waals surface area (Å²) in [6.07, 6.45) is 0. The highest BCUT2D eigenvalue weighted by Gasteiger charge is 2.23. The number of halogens is 1. The topological polar surface area (TPSA) is 61.6 Å². The number of rotatable bonds is 2. The second kappa shape index (κ2) is 6.05. The minimum absolute atomic E-state index is 0.196. The maximum atomic E-state index is 13.5. The van der Waals surface area contributed by atoms with E-state index in [1.54, 1.807) is 23.1 Å². The Morgan fingerprint density at radius 2 is 2.00 bits per heavy atom. The summed E-state index contributed by atoms with van der Waals surface area (Å²) >= 11 is 0. The minimum atomic E-state index is -0.437. The van der Waals surface area contributed by atoms with E-state index in [0.717, 1.165) is 11.6 Å². The van der Waals surface area contributed by atoms with Crippen molar-refractivity contribution in [2.45, 2.75) is 6.92 Å². The molecule has 3 rings (SSSR count). The molecule has 0 aliphatic carbocycles. The number of hydrogen-bond acceptors (Lipinski definition) is 4. The van der Waals surface area contributed by atoms with Crippen molar-refractivity contribution in [1.82, 2.24) is 10.1 Å². The van der Waals surface area contributed by atoms with E-state index in [-0.39, 0.29) is 11.7 Å². The van der Waals surface area contributed by atoms with Crippen LogP contribution in [0.3, 0.4) is 0 Å². The van der Waals surface area contributed by atoms with Gasteiger partial charge < -0.3 is 19.6 Å². The zero-order valence-electron chi connectivity index (χ0n) is 12.3. The first-order valence-electron chi connectivity index (χ1n) is 7.12. The second-order valence-electron chi connectivity index (χ2n) is 5.18. The molecule has 2 heterocycles. The molecule has 1 aromatic heterocycles. The Labute approximate surface area is 127 Å². The van der Waals surface area contributed by atoms with E-state index in [4.69, 9.17) is 4.52 Å². The van der Waals surface area contributed by atoms with Crippen molar-refractivity contribution >= 4 is 17.5 Å². The fourth-order valence-electron chi connectivity index (χ4n) is 2.40. The molecule has 1 N–H and O–H groups in total. The van der Waals surface area contributed by atoms with Crippen molar-refractivity contribution in [1.29, 1.82) is 0 Å². The number of aromatic nitrogens is 1. The third kappa shape index (κ3) is 3.03. The van der Waals surface area contributed by atoms with Crippen LogP contribution in [0.5, 0.6) is 0 Å². The zero-order valence-corrected chi connectivity index (χ0v) is 12.3. The fourth-order valence-corrected chi connectivity index (χ4v) is 2.40. The molecular weight excluding hydrogens is 287 g/mol. The monoisotopic (exact) mass is 304 g/mol. The molecule has 116 valence electrons. The average molecular weight is 304 g/mol. The first-order valence-corrected chi connectivity index (χ1v) is 7.12. The summed E-state index contributed by atoms with van der Waals surface area (Å²) in [4.78, 5) is 15.9. The predicted molar refractivity (Wildman–Crippen MR) is 80.4 cm³/mol. The van der Waals surface area contributed by atoms with Gasteiger partial charge in [-0.05, 0) is 19.1 Å². The van der Waals surface area contributed by atoms with Gasteiger partial charge in [0.2, 0.25) is 0 Å². The van der Waals surface area contributed by atoms with Crippen LogP contribution in [0.4, 0.5) is 20.7 Å². The van der Waals surface area contributed by atoms with E-state index in [0.29, 0.717) is 26.2 Å². The number of anilines is 2. The second-order valence-corrected chi connectivity index (χ2v) is 5.18. The van der Waals surface area contributed by atoms with Crippen LogP contribution in [-0.2, 0) is 0 Å². The van der Waals surface area contributed by atoms with Gasteiger partial charge in [0.15, 0.2) is 5.82 Å². The number of piperazine rings is 1. The Bertz CT molecular complexity index is 665. The molecule has 1 saturated heterocycles. The van der Waals surface area contributed by atoms with Crippen molar-refractivity contribution < 1.29 is 13.7 Å². The quantitative estimate of drug-likeness (QED) is 0.926. The van der Waals surface area contributed by atoms with Crippen molar-refractivity contribution in [3.63, 3.8) is 0 Å². The Morgan fingerprint density at radius 3 is 2.64 bits per heavy atom. The SMILES string of the molecule is Cc1cc(N2CCN(C(=O)Nc3ccccc3F)CC2)no1. The van der Waals surface area contributed by atoms with Crippen molar-refractivity contribution in [3.8, 4) is 0 Å². The zero-order chi connectivity index (χ0) is 15.5. The van der Waals surface area contributed by atoms with Gasteiger partial charge in [0.05, 0.1) is 5.69 Å². The number of nitrogens with one attached hydrogen (secondary N) is 1. The summed E-state index contributed by atoms with van der Waals surface area (Å²) in [6, 6.07) is 7.71. The molecule has 1 aliphatic rings. The molecule has 0 saturated carbocycles. The van der Waals surface area contributed by atoms with Gasteiger partial charge in [-0.3, -0.25) is 0 Å². The predicted octanol–water partition coefficient (Wildman–Crippen LogP) is 2.48. The number of hydrogen-bond donors (Lipinski definition) is 1. The molecule has 0 bridgehead atoms. The number of carbonyl (C=O) groups excluding carboxylic acids is 1. The van der Waals surface area contributed by atoms with Gasteiger partial charge in [-0.2, -0.15) is 0 Å². The van der Waals surface area contributed by atoms with Crippen LogP contribution in [0.15, 0.2) is 34.9 Å². The number of nitrogens with zero attached hydrogens (tertiary/aromatic N) is 3. The minimum Gasteiger partial charge on any atom is -0.360 e. The van der Waals surface area contributed by atoms with E-state index in [2.05, 4.69) is 15.4 Å². The summed E-state index contributed by atoms with van der Waals surface area (Å²) < 4.78 is 18.6. The molecule has 0 unspecified atom stereocenters. The number of amides is 2. The summed E-state index contributed by atoms with van der Waals surface area (Å²) in [5, 5.41) is 6.57. The lowest BCUT2D eigenvalue weighted by Crippen LogP contribution is -2.50. The maximum absolute atomic E-state index is 13.5. The first kappa shape index (κ1) is 14.4. The van der Waals surface area contributed by atoms with Gasteiger partial charge in [-0.1, -0.05) is 17.3 Å². The molecule has 22 heavy (non-hydrogen) atoms. The molecule has 0 radical (unpaired) electrons. The highest BCUT2D eigenvalue weighted by Crippen LogP contribution is 2.17. The summed E-state index contributed by atoms with van der Waals surface area (Å²) in [5.74, 6) is 1.11. The lowest BCUT2D eigenvalue weighted by Gasteiger charge is -2.34. The van der Waals surface area contributed by atoms with E-state index in [1.165, 1.54) is 6.07 Å². The molecule has 1 aliphatic heterocycles. The van der Waals surface area contributed by atoms with Crippen molar-refractivity contribution in [2.75, 3.05) is 36.4 Å². The normalized spacial score (nSPS) is 15.0. The van der Waals surface area contributed by atoms with Crippen LogP contribution in [-0.4, -0.2) is 42.3 Å². The summed E-state index contributed by atoms with van der Waals surface area (Å²) in [6.45, 7) is 4.26. The largest absolute Gasteiger partial charge is 0.360 e. The van der Waals surface area contributed by atoms with Crippen LogP contribution in [0, 0.1) is 12.7 Å². The molecule has 0 spiro atoms. The summed E-state index contributed by atoms with van der Waals surface area (Å²) in [5.41, 5.74) is 0.196. The molecule has 0 atom stereocenters. The smallest absolute Gasteiger partial charge is 0.322 e. The third-order valence-electron chi connectivity index (χ3n) is 3.62. The van der Waals surface area contributed by atoms with Crippen LogP contribution in [0.1, 0.15) is 5.76 Å². The number of aryl methyl sites for hydroxylation is 1. The van der Waals surface area contributed by atoms with E-state index in [9.17, 15) is 9.18 Å². The van der Waals surface area contributed by atoms with Crippen molar-refractivity contribution in [2.24, 2.45) is 0 Å². The highest BCUT2D eigenvalue weighted by molar-refractivity contribution is 5.89. The molecule has 1 fully saturated rings. The van der Waals surface area contributed by atoms with Gasteiger partial charge in [0.25, 0.3) is 0 Å². The third-order valence-corrected chi connectivity index (χ3v) is 3.62. The number of benzene rings is 1. The van der Waals surface area contributed by atoms with Gasteiger partial charge in [-0.25, -0.2) is 9.18 Å². The fraction of sp³-hybridized carbons (Fsp3) is 0.333. The number of carbonyl (C=O) groups is 1. The Kier molecular flexibility index (Phi) is 3.95. The molecule has 2 amide bonds. The Morgan fingerprint density at radius 1 is 1.27 bits per heavy atom. The van der Waals surface area contributed by atoms with Crippen LogP contribution >= 0.6 is 0 Å². The van der Waals surface area contributed by atoms with E-state index < -0.39 is 5.82 Å². The van der Waals surface area contributed by atoms with E-state index >= 15 is 0 Å². The number of urea groups is 1. The molecule has 6 nitrogen and oxygen atoms in total. The van der Waals surface area contributed by atoms with Gasteiger partial charge in [0, 0.05) is 32.2 Å². The first-order chi connectivity index (χ1) is 10.6. The molecule has 2 aromatic rings. The van der Waals surface area contributed by atoms with E-state index in [1.807, 2.05) is 13.0 Å². The molecule has 7 heteroatoms. The van der Waals surface area contributed by atoms with Crippen molar-refractivity contribution in [3.05, 3.63) is 41.9 Å². The lowest BCUT2D eigenvalue weighted by molar-refractivity contribution is 0.208. The summed E-state index contributed by atoms with van der Waals surface area (Å²) in [7, 11) is 0. The lowest BCUT2D eigenvalue weighted by atomic mass is 10.3. The average Bonchev–Trinajstić information content (AvgIpc) is 2.96. The number of para-hydroxylation sites is 1. The Hall–Kier alpha value is -2.57. The van der Waals surface area contributed by atoms with Crippen LogP contribution in [0.25, 0.3) is 0 Å². The molecular formula is C15H17FN4O2. The Balaban J connectivity index is 1.57. The van der Waals surface area contributed by atoms with Crippen LogP contribution < -0.4 is 10.2 Å². The van der Waals surface area contributed by atoms with Gasteiger partial charge >= 0.3 is 6.03 Å². The highest BCUT2D eigenvalue weighted by atomic mass is 19.1. The van der Waals surface area contributed by atoms with Gasteiger partial charge in [-0.15, -0.1) is 0 Å². The maximum Gasteiger partial charge on any atom is 0.322 e. The standard InChI is InChI=1S/C15H17FN4O2/c1-11-10-14(18-22-11)19-6-8-20(9-7-19)15(21)17-13-5-3-2-4-12(13)16/h2-5,10H,6-9H2,1H3,(H,17,21).